The molecule has 0 bridgehead atoms. The lowest BCUT2D eigenvalue weighted by Crippen LogP contribution is -2.30. The molecular weight excluding hydrogens is 229 g/mol. The fourth-order valence-corrected chi connectivity index (χ4v) is 2.11. The van der Waals surface area contributed by atoms with Crippen molar-refractivity contribution < 1.29 is 9.18 Å². The van der Waals surface area contributed by atoms with Gasteiger partial charge < -0.3 is 5.32 Å². The zero-order chi connectivity index (χ0) is 13.0. The van der Waals surface area contributed by atoms with E-state index in [2.05, 4.69) is 17.5 Å². The number of nitrogens with one attached hydrogen (secondary N) is 1. The number of hydrogen-bond donors (Lipinski definition) is 1. The van der Waals surface area contributed by atoms with Gasteiger partial charge in [0.15, 0.2) is 0 Å². The third kappa shape index (κ3) is 3.19. The Kier molecular flexibility index (Phi) is 4.13. The van der Waals surface area contributed by atoms with Crippen LogP contribution in [0.3, 0.4) is 0 Å². The SMILES string of the molecule is Cc1ccc(CNC(=O)C2CC=CCC2)cc1F. The van der Waals surface area contributed by atoms with Gasteiger partial charge in [0.05, 0.1) is 0 Å². The standard InChI is InChI=1S/C15H18FNO/c1-11-7-8-12(9-14(11)16)10-17-15(18)13-5-3-2-4-6-13/h2-3,7-9,13H,4-6,10H2,1H3,(H,17,18). The van der Waals surface area contributed by atoms with Gasteiger partial charge in [-0.3, -0.25) is 4.79 Å². The molecule has 3 heteroatoms. The predicted octanol–water partition coefficient (Wildman–Crippen LogP) is 3.11. The molecule has 1 amide bonds. The molecule has 1 aliphatic rings. The Morgan fingerprint density at radius 2 is 2.28 bits per heavy atom. The molecular formula is C15H18FNO. The van der Waals surface area contributed by atoms with E-state index in [0.717, 1.165) is 24.8 Å². The number of aryl methyl sites for hydroxylation is 1. The topological polar surface area (TPSA) is 29.1 Å². The van der Waals surface area contributed by atoms with Crippen molar-refractivity contribution in [1.29, 1.82) is 0 Å². The first-order valence-electron chi connectivity index (χ1n) is 6.34. The highest BCUT2D eigenvalue weighted by Crippen LogP contribution is 2.18. The van der Waals surface area contributed by atoms with Crippen molar-refractivity contribution in [3.05, 3.63) is 47.3 Å². The molecule has 1 atom stereocenters. The van der Waals surface area contributed by atoms with Gasteiger partial charge in [-0.15, -0.1) is 0 Å². The summed E-state index contributed by atoms with van der Waals surface area (Å²) >= 11 is 0. The average molecular weight is 247 g/mol. The minimum atomic E-state index is -0.220. The second-order valence-corrected chi connectivity index (χ2v) is 4.78. The predicted molar refractivity (Wildman–Crippen MR) is 69.5 cm³/mol. The monoisotopic (exact) mass is 247 g/mol. The molecule has 96 valence electrons. The second-order valence-electron chi connectivity index (χ2n) is 4.78. The van der Waals surface area contributed by atoms with E-state index in [0.29, 0.717) is 12.1 Å². The Hall–Kier alpha value is -1.64. The Labute approximate surface area is 107 Å². The Bertz CT molecular complexity index is 468. The minimum absolute atomic E-state index is 0.0698. The number of rotatable bonds is 3. The summed E-state index contributed by atoms with van der Waals surface area (Å²) in [6, 6.07) is 5.07. The van der Waals surface area contributed by atoms with E-state index in [4.69, 9.17) is 0 Å². The Morgan fingerprint density at radius 3 is 2.94 bits per heavy atom. The van der Waals surface area contributed by atoms with Crippen LogP contribution in [-0.4, -0.2) is 5.91 Å². The fourth-order valence-electron chi connectivity index (χ4n) is 2.11. The van der Waals surface area contributed by atoms with E-state index in [1.807, 2.05) is 6.07 Å². The summed E-state index contributed by atoms with van der Waals surface area (Å²) in [7, 11) is 0. The molecule has 1 aromatic rings. The van der Waals surface area contributed by atoms with Gasteiger partial charge >= 0.3 is 0 Å². The Balaban J connectivity index is 1.88. The molecule has 0 spiro atoms. The van der Waals surface area contributed by atoms with Crippen molar-refractivity contribution in [3.63, 3.8) is 0 Å². The normalized spacial score (nSPS) is 18.7. The highest BCUT2D eigenvalue weighted by molar-refractivity contribution is 5.78. The van der Waals surface area contributed by atoms with E-state index < -0.39 is 0 Å². The lowest BCUT2D eigenvalue weighted by Gasteiger charge is -2.17. The van der Waals surface area contributed by atoms with Crippen LogP contribution in [0.1, 0.15) is 30.4 Å². The number of amides is 1. The summed E-state index contributed by atoms with van der Waals surface area (Å²) in [5, 5.41) is 2.88. The van der Waals surface area contributed by atoms with Crippen LogP contribution in [0.2, 0.25) is 0 Å². The van der Waals surface area contributed by atoms with Crippen molar-refractivity contribution in [1.82, 2.24) is 5.32 Å². The van der Waals surface area contributed by atoms with Crippen molar-refractivity contribution in [2.45, 2.75) is 32.7 Å². The molecule has 0 saturated carbocycles. The fraction of sp³-hybridized carbons (Fsp3) is 0.400. The van der Waals surface area contributed by atoms with Crippen LogP contribution >= 0.6 is 0 Å². The van der Waals surface area contributed by atoms with Gasteiger partial charge in [-0.2, -0.15) is 0 Å². The van der Waals surface area contributed by atoms with E-state index in [-0.39, 0.29) is 17.6 Å². The summed E-state index contributed by atoms with van der Waals surface area (Å²) < 4.78 is 13.3. The average Bonchev–Trinajstić information content (AvgIpc) is 2.41. The van der Waals surface area contributed by atoms with E-state index in [9.17, 15) is 9.18 Å². The molecule has 0 aliphatic heterocycles. The van der Waals surface area contributed by atoms with Crippen LogP contribution in [-0.2, 0) is 11.3 Å². The molecule has 2 rings (SSSR count). The number of benzene rings is 1. The highest BCUT2D eigenvalue weighted by Gasteiger charge is 2.18. The molecule has 0 heterocycles. The first-order chi connectivity index (χ1) is 8.66. The molecule has 1 aliphatic carbocycles. The Morgan fingerprint density at radius 1 is 1.44 bits per heavy atom. The third-order valence-electron chi connectivity index (χ3n) is 3.34. The van der Waals surface area contributed by atoms with Crippen molar-refractivity contribution >= 4 is 5.91 Å². The van der Waals surface area contributed by atoms with Crippen LogP contribution in [0.5, 0.6) is 0 Å². The zero-order valence-corrected chi connectivity index (χ0v) is 10.6. The van der Waals surface area contributed by atoms with Gasteiger partial charge in [-0.1, -0.05) is 24.3 Å². The first kappa shape index (κ1) is 12.8. The third-order valence-corrected chi connectivity index (χ3v) is 3.34. The lowest BCUT2D eigenvalue weighted by molar-refractivity contribution is -0.125. The number of carbonyl (C=O) groups is 1. The van der Waals surface area contributed by atoms with Crippen LogP contribution in [0.4, 0.5) is 4.39 Å². The maximum atomic E-state index is 13.3. The molecule has 0 aromatic heterocycles. The first-order valence-corrected chi connectivity index (χ1v) is 6.34. The van der Waals surface area contributed by atoms with Crippen LogP contribution in [0.25, 0.3) is 0 Å². The van der Waals surface area contributed by atoms with Crippen molar-refractivity contribution in [2.75, 3.05) is 0 Å². The molecule has 18 heavy (non-hydrogen) atoms. The van der Waals surface area contributed by atoms with E-state index >= 15 is 0 Å². The summed E-state index contributed by atoms with van der Waals surface area (Å²) in [4.78, 5) is 11.9. The quantitative estimate of drug-likeness (QED) is 0.817. The molecule has 0 fully saturated rings. The number of carbonyl (C=O) groups excluding carboxylic acids is 1. The van der Waals surface area contributed by atoms with Crippen molar-refractivity contribution in [2.24, 2.45) is 5.92 Å². The minimum Gasteiger partial charge on any atom is -0.352 e. The number of hydrogen-bond acceptors (Lipinski definition) is 1. The zero-order valence-electron chi connectivity index (χ0n) is 10.6. The summed E-state index contributed by atoms with van der Waals surface area (Å²) in [6.07, 6.45) is 6.86. The van der Waals surface area contributed by atoms with Gasteiger partial charge in [-0.05, 0) is 43.4 Å². The molecule has 0 radical (unpaired) electrons. The van der Waals surface area contributed by atoms with Gasteiger partial charge in [0.2, 0.25) is 5.91 Å². The largest absolute Gasteiger partial charge is 0.352 e. The van der Waals surface area contributed by atoms with E-state index in [1.165, 1.54) is 6.07 Å². The van der Waals surface area contributed by atoms with Gasteiger partial charge in [0, 0.05) is 12.5 Å². The maximum Gasteiger partial charge on any atom is 0.223 e. The maximum absolute atomic E-state index is 13.3. The van der Waals surface area contributed by atoms with E-state index in [1.54, 1.807) is 13.0 Å². The highest BCUT2D eigenvalue weighted by atomic mass is 19.1. The lowest BCUT2D eigenvalue weighted by atomic mass is 9.93. The number of allylic oxidation sites excluding steroid dienone is 2. The van der Waals surface area contributed by atoms with Gasteiger partial charge in [0.1, 0.15) is 5.82 Å². The van der Waals surface area contributed by atoms with Crippen molar-refractivity contribution in [3.8, 4) is 0 Å². The smallest absolute Gasteiger partial charge is 0.223 e. The summed E-state index contributed by atoms with van der Waals surface area (Å²) in [5.74, 6) is -0.0759. The summed E-state index contributed by atoms with van der Waals surface area (Å²) in [6.45, 7) is 2.13. The number of halogens is 1. The molecule has 1 unspecified atom stereocenters. The molecule has 1 N–H and O–H groups in total. The van der Waals surface area contributed by atoms with Crippen LogP contribution in [0.15, 0.2) is 30.4 Å². The summed E-state index contributed by atoms with van der Waals surface area (Å²) in [5.41, 5.74) is 1.43. The van der Waals surface area contributed by atoms with Crippen LogP contribution in [0, 0.1) is 18.7 Å². The second kappa shape index (κ2) is 5.80. The molecule has 0 saturated heterocycles. The van der Waals surface area contributed by atoms with Gasteiger partial charge in [0.25, 0.3) is 0 Å². The van der Waals surface area contributed by atoms with Crippen LogP contribution < -0.4 is 5.32 Å². The molecule has 2 nitrogen and oxygen atoms in total. The van der Waals surface area contributed by atoms with Gasteiger partial charge in [-0.25, -0.2) is 4.39 Å². The molecule has 1 aromatic carbocycles.